The van der Waals surface area contributed by atoms with Crippen molar-refractivity contribution in [2.75, 3.05) is 25.7 Å². The van der Waals surface area contributed by atoms with E-state index in [1.165, 1.54) is 35.0 Å². The van der Waals surface area contributed by atoms with E-state index in [4.69, 9.17) is 9.47 Å². The molecule has 1 aliphatic heterocycles. The van der Waals surface area contributed by atoms with Crippen LogP contribution in [0.5, 0.6) is 11.5 Å². The maximum Gasteiger partial charge on any atom is 0.315 e. The van der Waals surface area contributed by atoms with Crippen molar-refractivity contribution in [1.29, 1.82) is 0 Å². The van der Waals surface area contributed by atoms with Crippen LogP contribution in [0.1, 0.15) is 36.1 Å². The van der Waals surface area contributed by atoms with Crippen molar-refractivity contribution in [2.24, 2.45) is 0 Å². The summed E-state index contributed by atoms with van der Waals surface area (Å²) in [6.45, 7) is 0.838. The number of nitrogens with zero attached hydrogens (tertiary/aromatic N) is 1. The largest absolute Gasteiger partial charge is 0.493 e. The number of H-pyrrole nitrogens is 1. The van der Waals surface area contributed by atoms with Gasteiger partial charge in [0.2, 0.25) is 5.91 Å². The lowest BCUT2D eigenvalue weighted by Crippen LogP contribution is -2.43. The van der Waals surface area contributed by atoms with Gasteiger partial charge in [-0.15, -0.1) is 0 Å². The fourth-order valence-electron chi connectivity index (χ4n) is 5.03. The van der Waals surface area contributed by atoms with Crippen molar-refractivity contribution in [3.8, 4) is 11.5 Å². The summed E-state index contributed by atoms with van der Waals surface area (Å²) >= 11 is 0. The van der Waals surface area contributed by atoms with E-state index < -0.39 is 0 Å². The first kappa shape index (κ1) is 22.1. The van der Waals surface area contributed by atoms with Crippen molar-refractivity contribution in [3.63, 3.8) is 0 Å². The molecule has 8 heteroatoms. The number of carbonyl (C=O) groups excluding carboxylic acids is 2. The number of aromatic nitrogens is 1. The molecule has 1 saturated heterocycles. The van der Waals surface area contributed by atoms with E-state index in [0.717, 1.165) is 24.1 Å². The SMILES string of the molecule is COc1ccc(N2CC(NC(=O)NCc3ccc4[nH]c5c(c4c3)CCCC5)CC2=O)cc1OC. The molecule has 0 radical (unpaired) electrons. The van der Waals surface area contributed by atoms with Crippen molar-refractivity contribution >= 4 is 28.5 Å². The van der Waals surface area contributed by atoms with Gasteiger partial charge in [-0.05, 0) is 61.1 Å². The third-order valence-electron chi connectivity index (χ3n) is 6.75. The minimum Gasteiger partial charge on any atom is -0.493 e. The lowest BCUT2D eigenvalue weighted by Gasteiger charge is -2.19. The number of hydrogen-bond donors (Lipinski definition) is 3. The van der Waals surface area contributed by atoms with Crippen LogP contribution in [0.2, 0.25) is 0 Å². The van der Waals surface area contributed by atoms with E-state index in [2.05, 4.69) is 27.8 Å². The maximum atomic E-state index is 12.6. The Labute approximate surface area is 198 Å². The number of nitrogens with one attached hydrogen (secondary N) is 3. The topological polar surface area (TPSA) is 95.7 Å². The lowest BCUT2D eigenvalue weighted by atomic mass is 9.95. The summed E-state index contributed by atoms with van der Waals surface area (Å²) < 4.78 is 10.6. The fourth-order valence-corrected chi connectivity index (χ4v) is 5.03. The Kier molecular flexibility index (Phi) is 6.04. The molecule has 5 rings (SSSR count). The average Bonchev–Trinajstić information content (AvgIpc) is 3.41. The van der Waals surface area contributed by atoms with Gasteiger partial charge in [-0.1, -0.05) is 6.07 Å². The highest BCUT2D eigenvalue weighted by molar-refractivity contribution is 5.97. The molecule has 2 aliphatic rings. The number of rotatable bonds is 6. The van der Waals surface area contributed by atoms with Gasteiger partial charge < -0.3 is 30.0 Å². The van der Waals surface area contributed by atoms with Gasteiger partial charge in [-0.2, -0.15) is 0 Å². The standard InChI is InChI=1S/C26H30N4O4/c1-33-23-10-8-18(13-24(23)34-2)30-15-17(12-25(30)31)28-26(32)27-14-16-7-9-22-20(11-16)19-5-3-4-6-21(19)29-22/h7-11,13,17,29H,3-6,12,14-15H2,1-2H3,(H2,27,28,32). The minimum absolute atomic E-state index is 0.0415. The predicted octanol–water partition coefficient (Wildman–Crippen LogP) is 3.67. The Morgan fingerprint density at radius 1 is 1.09 bits per heavy atom. The van der Waals surface area contributed by atoms with Crippen LogP contribution in [0.25, 0.3) is 10.9 Å². The maximum absolute atomic E-state index is 12.6. The van der Waals surface area contributed by atoms with Gasteiger partial charge in [0.25, 0.3) is 0 Å². The third kappa shape index (κ3) is 4.27. The molecule has 1 aromatic heterocycles. The zero-order valence-electron chi connectivity index (χ0n) is 19.6. The second-order valence-corrected chi connectivity index (χ2v) is 8.94. The number of aromatic amines is 1. The second-order valence-electron chi connectivity index (χ2n) is 8.94. The van der Waals surface area contributed by atoms with Crippen LogP contribution in [0.15, 0.2) is 36.4 Å². The molecular formula is C26H30N4O4. The van der Waals surface area contributed by atoms with E-state index in [1.54, 1.807) is 31.3 Å². The molecule has 178 valence electrons. The smallest absolute Gasteiger partial charge is 0.315 e. The molecule has 1 unspecified atom stereocenters. The van der Waals surface area contributed by atoms with Crippen LogP contribution in [0.4, 0.5) is 10.5 Å². The summed E-state index contributed by atoms with van der Waals surface area (Å²) in [5.41, 5.74) is 5.72. The highest BCUT2D eigenvalue weighted by Gasteiger charge is 2.32. The third-order valence-corrected chi connectivity index (χ3v) is 6.75. The van der Waals surface area contributed by atoms with Crippen LogP contribution >= 0.6 is 0 Å². The van der Waals surface area contributed by atoms with Crippen LogP contribution in [-0.4, -0.2) is 43.7 Å². The van der Waals surface area contributed by atoms with Gasteiger partial charge in [-0.25, -0.2) is 4.79 Å². The van der Waals surface area contributed by atoms with Crippen LogP contribution in [0, 0.1) is 0 Å². The normalized spacial score (nSPS) is 17.5. The Morgan fingerprint density at radius 3 is 2.74 bits per heavy atom. The first-order valence-corrected chi connectivity index (χ1v) is 11.7. The van der Waals surface area contributed by atoms with E-state index in [0.29, 0.717) is 24.6 Å². The molecule has 34 heavy (non-hydrogen) atoms. The quantitative estimate of drug-likeness (QED) is 0.521. The monoisotopic (exact) mass is 462 g/mol. The molecule has 3 amide bonds. The van der Waals surface area contributed by atoms with Crippen molar-refractivity contribution in [1.82, 2.24) is 15.6 Å². The number of methoxy groups -OCH3 is 2. The zero-order valence-corrected chi connectivity index (χ0v) is 19.6. The summed E-state index contributed by atoms with van der Waals surface area (Å²) in [6.07, 6.45) is 4.94. The number of amides is 3. The van der Waals surface area contributed by atoms with E-state index in [1.807, 2.05) is 12.1 Å². The number of carbonyl (C=O) groups is 2. The van der Waals surface area contributed by atoms with E-state index in [-0.39, 0.29) is 24.4 Å². The fraction of sp³-hybridized carbons (Fsp3) is 0.385. The molecule has 1 fully saturated rings. The van der Waals surface area contributed by atoms with Crippen molar-refractivity contribution in [2.45, 2.75) is 44.7 Å². The molecular weight excluding hydrogens is 432 g/mol. The predicted molar refractivity (Wildman–Crippen MR) is 131 cm³/mol. The van der Waals surface area contributed by atoms with E-state index >= 15 is 0 Å². The lowest BCUT2D eigenvalue weighted by molar-refractivity contribution is -0.117. The Balaban J connectivity index is 1.19. The molecule has 0 spiro atoms. The van der Waals surface area contributed by atoms with Crippen LogP contribution < -0.4 is 25.0 Å². The summed E-state index contributed by atoms with van der Waals surface area (Å²) in [6, 6.07) is 11.1. The number of fused-ring (bicyclic) bond motifs is 3. The van der Waals surface area contributed by atoms with Gasteiger partial charge in [0.05, 0.1) is 20.3 Å². The molecule has 3 N–H and O–H groups in total. The Hall–Kier alpha value is -3.68. The van der Waals surface area contributed by atoms with Gasteiger partial charge in [-0.3, -0.25) is 4.79 Å². The molecule has 2 aromatic carbocycles. The highest BCUT2D eigenvalue weighted by atomic mass is 16.5. The van der Waals surface area contributed by atoms with Crippen LogP contribution in [0.3, 0.4) is 0 Å². The second kappa shape index (κ2) is 9.29. The number of urea groups is 1. The number of ether oxygens (including phenoxy) is 2. The van der Waals surface area contributed by atoms with Gasteiger partial charge in [0.15, 0.2) is 11.5 Å². The molecule has 0 bridgehead atoms. The molecule has 1 atom stereocenters. The van der Waals surface area contributed by atoms with Crippen molar-refractivity contribution < 1.29 is 19.1 Å². The summed E-state index contributed by atoms with van der Waals surface area (Å²) in [4.78, 5) is 30.4. The first-order chi connectivity index (χ1) is 16.6. The number of hydrogen-bond acceptors (Lipinski definition) is 4. The molecule has 0 saturated carbocycles. The van der Waals surface area contributed by atoms with Crippen LogP contribution in [-0.2, 0) is 24.2 Å². The van der Waals surface area contributed by atoms with Gasteiger partial charge in [0, 0.05) is 47.9 Å². The number of aryl methyl sites for hydroxylation is 2. The van der Waals surface area contributed by atoms with Crippen molar-refractivity contribution in [3.05, 3.63) is 53.2 Å². The van der Waals surface area contributed by atoms with E-state index in [9.17, 15) is 9.59 Å². The van der Waals surface area contributed by atoms with Gasteiger partial charge in [0.1, 0.15) is 0 Å². The number of anilines is 1. The number of benzene rings is 2. The molecule has 1 aliphatic carbocycles. The zero-order chi connectivity index (χ0) is 23.7. The Morgan fingerprint density at radius 2 is 1.91 bits per heavy atom. The minimum atomic E-state index is -0.275. The summed E-state index contributed by atoms with van der Waals surface area (Å²) in [5.74, 6) is 1.12. The molecule has 2 heterocycles. The Bertz CT molecular complexity index is 1240. The molecule has 3 aromatic rings. The average molecular weight is 463 g/mol. The first-order valence-electron chi connectivity index (χ1n) is 11.7. The molecule has 8 nitrogen and oxygen atoms in total. The summed E-state index contributed by atoms with van der Waals surface area (Å²) in [7, 11) is 3.13. The summed E-state index contributed by atoms with van der Waals surface area (Å²) in [5, 5.41) is 7.14. The van der Waals surface area contributed by atoms with Gasteiger partial charge >= 0.3 is 6.03 Å². The highest BCUT2D eigenvalue weighted by Crippen LogP contribution is 2.33.